The summed E-state index contributed by atoms with van der Waals surface area (Å²) in [4.78, 5) is 23.6. The van der Waals surface area contributed by atoms with Crippen molar-refractivity contribution in [2.24, 2.45) is 4.99 Å². The summed E-state index contributed by atoms with van der Waals surface area (Å²) in [6, 6.07) is 8.88. The van der Waals surface area contributed by atoms with Gasteiger partial charge in [0.15, 0.2) is 5.96 Å². The van der Waals surface area contributed by atoms with Gasteiger partial charge < -0.3 is 15.1 Å². The Morgan fingerprint density at radius 1 is 0.933 bits per heavy atom. The first-order chi connectivity index (χ1) is 14.2. The van der Waals surface area contributed by atoms with Crippen molar-refractivity contribution < 1.29 is 4.79 Å². The molecule has 1 aromatic carbocycles. The van der Waals surface area contributed by atoms with Crippen LogP contribution in [0, 0.1) is 0 Å². The molecule has 1 aromatic rings. The monoisotopic (exact) mass is 527 g/mol. The minimum absolute atomic E-state index is 0. The van der Waals surface area contributed by atoms with Crippen LogP contribution in [-0.4, -0.2) is 86.0 Å². The second-order valence-electron chi connectivity index (χ2n) is 8.10. The number of nitrogens with one attached hydrogen (secondary N) is 1. The Kier molecular flexibility index (Phi) is 10.9. The van der Waals surface area contributed by atoms with Crippen LogP contribution in [0.4, 0.5) is 0 Å². The van der Waals surface area contributed by atoms with E-state index in [4.69, 9.17) is 0 Å². The SMILES string of the molecule is CCc1ccc(CCNC(=NC)N2CCN(CC(=O)N3CCCCC3)CC2)cc1.I. The molecule has 6 nitrogen and oxygen atoms in total. The number of aryl methyl sites for hydroxylation is 1. The number of hydrogen-bond acceptors (Lipinski definition) is 3. The summed E-state index contributed by atoms with van der Waals surface area (Å²) in [5.74, 6) is 1.27. The molecule has 0 spiro atoms. The third-order valence-corrected chi connectivity index (χ3v) is 6.08. The summed E-state index contributed by atoms with van der Waals surface area (Å²) in [5.41, 5.74) is 2.74. The molecule has 7 heteroatoms. The van der Waals surface area contributed by atoms with Crippen LogP contribution in [0.3, 0.4) is 0 Å². The van der Waals surface area contributed by atoms with E-state index in [2.05, 4.69) is 51.3 Å². The zero-order valence-electron chi connectivity index (χ0n) is 18.6. The number of likely N-dealkylation sites (tertiary alicyclic amines) is 1. The quantitative estimate of drug-likeness (QED) is 0.351. The number of hydrogen-bond donors (Lipinski definition) is 1. The molecule has 2 saturated heterocycles. The molecule has 0 aliphatic carbocycles. The summed E-state index contributed by atoms with van der Waals surface area (Å²) in [5, 5.41) is 3.51. The van der Waals surface area contributed by atoms with Crippen LogP contribution >= 0.6 is 24.0 Å². The highest BCUT2D eigenvalue weighted by Gasteiger charge is 2.23. The lowest BCUT2D eigenvalue weighted by atomic mass is 10.1. The number of halogens is 1. The van der Waals surface area contributed by atoms with Crippen LogP contribution in [-0.2, 0) is 17.6 Å². The van der Waals surface area contributed by atoms with Gasteiger partial charge >= 0.3 is 0 Å². The first kappa shape index (κ1) is 24.9. The summed E-state index contributed by atoms with van der Waals surface area (Å²) in [6.45, 7) is 9.17. The first-order valence-corrected chi connectivity index (χ1v) is 11.2. The smallest absolute Gasteiger partial charge is 0.236 e. The number of carbonyl (C=O) groups is 1. The van der Waals surface area contributed by atoms with E-state index >= 15 is 0 Å². The molecule has 2 fully saturated rings. The van der Waals surface area contributed by atoms with E-state index in [-0.39, 0.29) is 24.0 Å². The number of nitrogens with zero attached hydrogens (tertiary/aromatic N) is 4. The van der Waals surface area contributed by atoms with Crippen molar-refractivity contribution in [2.75, 3.05) is 59.4 Å². The van der Waals surface area contributed by atoms with E-state index in [1.165, 1.54) is 17.5 Å². The van der Waals surface area contributed by atoms with Crippen molar-refractivity contribution in [1.82, 2.24) is 20.0 Å². The molecule has 3 rings (SSSR count). The number of guanidine groups is 1. The number of rotatable bonds is 6. The predicted molar refractivity (Wildman–Crippen MR) is 135 cm³/mol. The Morgan fingerprint density at radius 2 is 1.57 bits per heavy atom. The topological polar surface area (TPSA) is 51.2 Å². The predicted octanol–water partition coefficient (Wildman–Crippen LogP) is 2.62. The van der Waals surface area contributed by atoms with Gasteiger partial charge in [0.05, 0.1) is 6.54 Å². The average Bonchev–Trinajstić information content (AvgIpc) is 2.78. The molecular formula is C23H38IN5O. The molecule has 1 N–H and O–H groups in total. The molecule has 168 valence electrons. The lowest BCUT2D eigenvalue weighted by Gasteiger charge is -2.37. The van der Waals surface area contributed by atoms with E-state index in [1.54, 1.807) is 0 Å². The second-order valence-corrected chi connectivity index (χ2v) is 8.10. The lowest BCUT2D eigenvalue weighted by Crippen LogP contribution is -2.54. The van der Waals surface area contributed by atoms with Gasteiger partial charge in [0.25, 0.3) is 0 Å². The zero-order chi connectivity index (χ0) is 20.5. The molecule has 30 heavy (non-hydrogen) atoms. The molecule has 1 amide bonds. The number of carbonyl (C=O) groups excluding carboxylic acids is 1. The maximum Gasteiger partial charge on any atom is 0.236 e. The van der Waals surface area contributed by atoms with Crippen LogP contribution in [0.25, 0.3) is 0 Å². The van der Waals surface area contributed by atoms with Gasteiger partial charge in [0.1, 0.15) is 0 Å². The van der Waals surface area contributed by atoms with Gasteiger partial charge in [-0.05, 0) is 43.2 Å². The van der Waals surface area contributed by atoms with Crippen LogP contribution in [0.5, 0.6) is 0 Å². The highest BCUT2D eigenvalue weighted by Crippen LogP contribution is 2.10. The minimum atomic E-state index is 0. The number of piperazine rings is 1. The van der Waals surface area contributed by atoms with Crippen molar-refractivity contribution in [2.45, 2.75) is 39.0 Å². The summed E-state index contributed by atoms with van der Waals surface area (Å²) in [6.07, 6.45) is 5.65. The van der Waals surface area contributed by atoms with E-state index in [9.17, 15) is 4.79 Å². The van der Waals surface area contributed by atoms with Crippen molar-refractivity contribution in [3.63, 3.8) is 0 Å². The minimum Gasteiger partial charge on any atom is -0.356 e. The van der Waals surface area contributed by atoms with Crippen LogP contribution < -0.4 is 5.32 Å². The van der Waals surface area contributed by atoms with Gasteiger partial charge in [0, 0.05) is 52.9 Å². The molecule has 0 aromatic heterocycles. The normalized spacial score (nSPS) is 18.1. The number of aliphatic imine (C=N–C) groups is 1. The Hall–Kier alpha value is -1.35. The average molecular weight is 527 g/mol. The van der Waals surface area contributed by atoms with E-state index in [1.807, 2.05) is 11.9 Å². The molecule has 0 unspecified atom stereocenters. The number of amides is 1. The van der Waals surface area contributed by atoms with E-state index in [0.717, 1.165) is 77.5 Å². The van der Waals surface area contributed by atoms with E-state index in [0.29, 0.717) is 12.5 Å². The lowest BCUT2D eigenvalue weighted by molar-refractivity contribution is -0.133. The van der Waals surface area contributed by atoms with E-state index < -0.39 is 0 Å². The maximum absolute atomic E-state index is 12.5. The number of benzene rings is 1. The van der Waals surface area contributed by atoms with Gasteiger partial charge in [0.2, 0.25) is 5.91 Å². The van der Waals surface area contributed by atoms with Crippen molar-refractivity contribution >= 4 is 35.8 Å². The highest BCUT2D eigenvalue weighted by atomic mass is 127. The standard InChI is InChI=1S/C23H37N5O.HI/c1-3-20-7-9-21(10-8-20)11-12-25-23(24-2)28-17-15-26(16-18-28)19-22(29)27-13-5-4-6-14-27;/h7-10H,3-6,11-19H2,1-2H3,(H,24,25);1H. The first-order valence-electron chi connectivity index (χ1n) is 11.2. The van der Waals surface area contributed by atoms with Crippen LogP contribution in [0.2, 0.25) is 0 Å². The molecular weight excluding hydrogens is 489 g/mol. The van der Waals surface area contributed by atoms with Gasteiger partial charge in [-0.15, -0.1) is 24.0 Å². The molecule has 0 radical (unpaired) electrons. The van der Waals surface area contributed by atoms with Crippen LogP contribution in [0.1, 0.15) is 37.3 Å². The largest absolute Gasteiger partial charge is 0.356 e. The molecule has 0 atom stereocenters. The molecule has 2 heterocycles. The fraction of sp³-hybridized carbons (Fsp3) is 0.652. The highest BCUT2D eigenvalue weighted by molar-refractivity contribution is 14.0. The molecule has 2 aliphatic heterocycles. The molecule has 0 bridgehead atoms. The van der Waals surface area contributed by atoms with Gasteiger partial charge in [-0.3, -0.25) is 14.7 Å². The third-order valence-electron chi connectivity index (χ3n) is 6.08. The molecule has 2 aliphatic rings. The number of piperidine rings is 1. The third kappa shape index (κ3) is 7.41. The summed E-state index contributed by atoms with van der Waals surface area (Å²) in [7, 11) is 1.85. The van der Waals surface area contributed by atoms with Crippen molar-refractivity contribution in [3.8, 4) is 0 Å². The maximum atomic E-state index is 12.5. The summed E-state index contributed by atoms with van der Waals surface area (Å²) < 4.78 is 0. The second kappa shape index (κ2) is 13.1. The van der Waals surface area contributed by atoms with Crippen molar-refractivity contribution in [3.05, 3.63) is 35.4 Å². The zero-order valence-corrected chi connectivity index (χ0v) is 20.9. The Bertz CT molecular complexity index is 665. The molecule has 0 saturated carbocycles. The Balaban J connectivity index is 0.00000320. The Labute approximate surface area is 199 Å². The summed E-state index contributed by atoms with van der Waals surface area (Å²) >= 11 is 0. The Morgan fingerprint density at radius 3 is 2.17 bits per heavy atom. The van der Waals surface area contributed by atoms with Crippen molar-refractivity contribution in [1.29, 1.82) is 0 Å². The van der Waals surface area contributed by atoms with Gasteiger partial charge in [-0.2, -0.15) is 0 Å². The fourth-order valence-electron chi connectivity index (χ4n) is 4.14. The van der Waals surface area contributed by atoms with Crippen LogP contribution in [0.15, 0.2) is 29.3 Å². The van der Waals surface area contributed by atoms with Gasteiger partial charge in [-0.25, -0.2) is 0 Å². The van der Waals surface area contributed by atoms with Gasteiger partial charge in [-0.1, -0.05) is 31.2 Å². The fourth-order valence-corrected chi connectivity index (χ4v) is 4.14.